The van der Waals surface area contributed by atoms with Crippen LogP contribution in [0.4, 0.5) is 0 Å². The third kappa shape index (κ3) is 2.04. The van der Waals surface area contributed by atoms with E-state index in [-0.39, 0.29) is 5.91 Å². The van der Waals surface area contributed by atoms with Gasteiger partial charge in [0.1, 0.15) is 10.7 Å². The second kappa shape index (κ2) is 4.59. The molecule has 19 heavy (non-hydrogen) atoms. The van der Waals surface area contributed by atoms with Gasteiger partial charge in [0.05, 0.1) is 0 Å². The third-order valence-corrected chi connectivity index (χ3v) is 5.04. The van der Waals surface area contributed by atoms with Crippen LogP contribution in [-0.2, 0) is 0 Å². The summed E-state index contributed by atoms with van der Waals surface area (Å²) >= 11 is 1.45. The van der Waals surface area contributed by atoms with Crippen LogP contribution in [-0.4, -0.2) is 38.5 Å². The van der Waals surface area contributed by atoms with E-state index in [9.17, 15) is 4.79 Å². The standard InChI is InChI=1S/C13H18N4OS/c1-8-4-6-16(7-5-8)12(18)11-9(2)17-10(3)14-15-13(17)19-11/h8H,4-7H2,1-3H3. The van der Waals surface area contributed by atoms with Crippen LogP contribution >= 0.6 is 11.3 Å². The topological polar surface area (TPSA) is 50.5 Å². The molecule has 0 unspecified atom stereocenters. The summed E-state index contributed by atoms with van der Waals surface area (Å²) in [4.78, 5) is 16.2. The first-order valence-electron chi connectivity index (χ1n) is 6.68. The van der Waals surface area contributed by atoms with E-state index in [4.69, 9.17) is 0 Å². The van der Waals surface area contributed by atoms with Gasteiger partial charge in [0.25, 0.3) is 5.91 Å². The Morgan fingerprint density at radius 1 is 1.26 bits per heavy atom. The Morgan fingerprint density at radius 3 is 2.58 bits per heavy atom. The summed E-state index contributed by atoms with van der Waals surface area (Å²) in [5, 5.41) is 8.14. The molecule has 0 saturated carbocycles. The largest absolute Gasteiger partial charge is 0.338 e. The first kappa shape index (κ1) is 12.6. The maximum Gasteiger partial charge on any atom is 0.265 e. The van der Waals surface area contributed by atoms with Gasteiger partial charge in [-0.2, -0.15) is 0 Å². The normalized spacial score (nSPS) is 17.3. The second-order valence-electron chi connectivity index (χ2n) is 5.36. The van der Waals surface area contributed by atoms with Crippen molar-refractivity contribution in [3.8, 4) is 0 Å². The molecule has 0 atom stereocenters. The van der Waals surface area contributed by atoms with Crippen molar-refractivity contribution in [2.75, 3.05) is 13.1 Å². The molecule has 1 aliphatic rings. The number of nitrogens with zero attached hydrogens (tertiary/aromatic N) is 4. The number of carbonyl (C=O) groups excluding carboxylic acids is 1. The van der Waals surface area contributed by atoms with Crippen molar-refractivity contribution >= 4 is 22.2 Å². The van der Waals surface area contributed by atoms with Gasteiger partial charge < -0.3 is 4.90 Å². The van der Waals surface area contributed by atoms with Crippen molar-refractivity contribution in [3.63, 3.8) is 0 Å². The summed E-state index contributed by atoms with van der Waals surface area (Å²) in [6.45, 7) is 7.88. The molecule has 0 spiro atoms. The lowest BCUT2D eigenvalue weighted by Gasteiger charge is -2.30. The maximum absolute atomic E-state index is 12.6. The van der Waals surface area contributed by atoms with Crippen molar-refractivity contribution in [2.45, 2.75) is 33.6 Å². The number of aryl methyl sites for hydroxylation is 2. The minimum Gasteiger partial charge on any atom is -0.338 e. The number of likely N-dealkylation sites (tertiary alicyclic amines) is 1. The minimum absolute atomic E-state index is 0.152. The molecule has 5 nitrogen and oxygen atoms in total. The van der Waals surface area contributed by atoms with Gasteiger partial charge in [-0.15, -0.1) is 10.2 Å². The van der Waals surface area contributed by atoms with Gasteiger partial charge in [0.15, 0.2) is 0 Å². The number of aromatic nitrogens is 3. The summed E-state index contributed by atoms with van der Waals surface area (Å²) in [5.74, 6) is 1.73. The number of hydrogen-bond acceptors (Lipinski definition) is 4. The summed E-state index contributed by atoms with van der Waals surface area (Å²) in [6.07, 6.45) is 2.21. The van der Waals surface area contributed by atoms with Crippen LogP contribution in [0.1, 0.15) is 41.0 Å². The third-order valence-electron chi connectivity index (χ3n) is 3.92. The van der Waals surface area contributed by atoms with Crippen LogP contribution < -0.4 is 0 Å². The highest BCUT2D eigenvalue weighted by Crippen LogP contribution is 2.26. The molecular formula is C13H18N4OS. The van der Waals surface area contributed by atoms with Gasteiger partial charge in [-0.3, -0.25) is 9.20 Å². The summed E-state index contributed by atoms with van der Waals surface area (Å²) in [6, 6.07) is 0. The number of hydrogen-bond donors (Lipinski definition) is 0. The van der Waals surface area contributed by atoms with Crippen LogP contribution in [0.2, 0.25) is 0 Å². The van der Waals surface area contributed by atoms with Crippen molar-refractivity contribution < 1.29 is 4.79 Å². The molecule has 102 valence electrons. The van der Waals surface area contributed by atoms with E-state index in [1.807, 2.05) is 23.1 Å². The van der Waals surface area contributed by atoms with E-state index in [2.05, 4.69) is 17.1 Å². The first-order valence-corrected chi connectivity index (χ1v) is 7.50. The SMILES string of the molecule is Cc1nnc2sc(C(=O)N3CCC(C)CC3)c(C)n12. The van der Waals surface area contributed by atoms with E-state index in [0.717, 1.165) is 53.2 Å². The highest BCUT2D eigenvalue weighted by atomic mass is 32.1. The van der Waals surface area contributed by atoms with Crippen molar-refractivity contribution in [1.29, 1.82) is 0 Å². The molecule has 0 N–H and O–H groups in total. The van der Waals surface area contributed by atoms with Crippen molar-refractivity contribution in [1.82, 2.24) is 19.5 Å². The Labute approximate surface area is 116 Å². The van der Waals surface area contributed by atoms with E-state index in [1.54, 1.807) is 0 Å². The van der Waals surface area contributed by atoms with Crippen LogP contribution in [0.5, 0.6) is 0 Å². The Bertz CT molecular complexity index is 622. The maximum atomic E-state index is 12.6. The van der Waals surface area contributed by atoms with E-state index in [0.29, 0.717) is 0 Å². The number of amides is 1. The zero-order chi connectivity index (χ0) is 13.6. The molecule has 2 aromatic rings. The minimum atomic E-state index is 0.152. The van der Waals surface area contributed by atoms with Gasteiger partial charge in [0, 0.05) is 18.8 Å². The molecule has 3 heterocycles. The lowest BCUT2D eigenvalue weighted by molar-refractivity contribution is 0.0701. The predicted octanol–water partition coefficient (Wildman–Crippen LogP) is 2.28. The summed E-state index contributed by atoms with van der Waals surface area (Å²) < 4.78 is 1.96. The van der Waals surface area contributed by atoms with E-state index in [1.165, 1.54) is 11.3 Å². The molecule has 1 saturated heterocycles. The van der Waals surface area contributed by atoms with Gasteiger partial charge in [-0.05, 0) is 32.6 Å². The molecule has 6 heteroatoms. The molecule has 0 radical (unpaired) electrons. The van der Waals surface area contributed by atoms with Gasteiger partial charge in [-0.25, -0.2) is 0 Å². The molecular weight excluding hydrogens is 260 g/mol. The first-order chi connectivity index (χ1) is 9.08. The zero-order valence-electron chi connectivity index (χ0n) is 11.5. The molecule has 0 aromatic carbocycles. The van der Waals surface area contributed by atoms with E-state index >= 15 is 0 Å². The fourth-order valence-corrected chi connectivity index (χ4v) is 3.70. The Balaban J connectivity index is 1.91. The lowest BCUT2D eigenvalue weighted by Crippen LogP contribution is -2.37. The van der Waals surface area contributed by atoms with Crippen molar-refractivity contribution in [2.24, 2.45) is 5.92 Å². The number of carbonyl (C=O) groups is 1. The average molecular weight is 278 g/mol. The van der Waals surface area contributed by atoms with E-state index < -0.39 is 0 Å². The molecule has 3 rings (SSSR count). The average Bonchev–Trinajstić information content (AvgIpc) is 2.91. The molecule has 1 fully saturated rings. The molecule has 1 amide bonds. The highest BCUT2D eigenvalue weighted by Gasteiger charge is 2.25. The fourth-order valence-electron chi connectivity index (χ4n) is 2.62. The summed E-state index contributed by atoms with van der Waals surface area (Å²) in [7, 11) is 0. The number of thiazole rings is 1. The number of fused-ring (bicyclic) bond motifs is 1. The monoisotopic (exact) mass is 278 g/mol. The quantitative estimate of drug-likeness (QED) is 0.804. The Hall–Kier alpha value is -1.43. The van der Waals surface area contributed by atoms with Crippen LogP contribution in [0.15, 0.2) is 0 Å². The van der Waals surface area contributed by atoms with Crippen LogP contribution in [0.3, 0.4) is 0 Å². The van der Waals surface area contributed by atoms with Gasteiger partial charge in [0.2, 0.25) is 4.96 Å². The smallest absolute Gasteiger partial charge is 0.265 e. The number of piperidine rings is 1. The second-order valence-corrected chi connectivity index (χ2v) is 6.33. The fraction of sp³-hybridized carbons (Fsp3) is 0.615. The Kier molecular flexibility index (Phi) is 3.05. The molecule has 1 aliphatic heterocycles. The predicted molar refractivity (Wildman–Crippen MR) is 74.6 cm³/mol. The number of rotatable bonds is 1. The molecule has 0 aliphatic carbocycles. The zero-order valence-corrected chi connectivity index (χ0v) is 12.3. The van der Waals surface area contributed by atoms with Crippen molar-refractivity contribution in [3.05, 3.63) is 16.4 Å². The highest BCUT2D eigenvalue weighted by molar-refractivity contribution is 7.19. The van der Waals surface area contributed by atoms with Gasteiger partial charge >= 0.3 is 0 Å². The Morgan fingerprint density at radius 2 is 1.95 bits per heavy atom. The summed E-state index contributed by atoms with van der Waals surface area (Å²) in [5.41, 5.74) is 0.964. The molecule has 2 aromatic heterocycles. The van der Waals surface area contributed by atoms with Gasteiger partial charge in [-0.1, -0.05) is 18.3 Å². The van der Waals surface area contributed by atoms with Crippen LogP contribution in [0.25, 0.3) is 4.96 Å². The lowest BCUT2D eigenvalue weighted by atomic mass is 9.99. The molecule has 0 bridgehead atoms. The van der Waals surface area contributed by atoms with Crippen LogP contribution in [0, 0.1) is 19.8 Å².